The average Bonchev–Trinajstić information content (AvgIpc) is 2.02. The second-order valence-electron chi connectivity index (χ2n) is 2.41. The van der Waals surface area contributed by atoms with E-state index < -0.39 is 17.8 Å². The van der Waals surface area contributed by atoms with Crippen LogP contribution in [0.4, 0.5) is 0 Å². The number of carbonyl (C=O) groups excluding carboxylic acids is 1. The Labute approximate surface area is 74.6 Å². The van der Waals surface area contributed by atoms with Crippen LogP contribution in [0.5, 0.6) is 0 Å². The first-order chi connectivity index (χ1) is 6.04. The van der Waals surface area contributed by atoms with E-state index in [0.29, 0.717) is 12.8 Å². The van der Waals surface area contributed by atoms with Gasteiger partial charge in [-0.15, -0.1) is 0 Å². The van der Waals surface area contributed by atoms with Crippen molar-refractivity contribution in [1.29, 1.82) is 0 Å². The van der Waals surface area contributed by atoms with Crippen molar-refractivity contribution in [2.24, 2.45) is 0 Å². The Hall–Kier alpha value is -1.59. The average molecular weight is 189 g/mol. The molecule has 0 heterocycles. The highest BCUT2D eigenvalue weighted by atomic mass is 16.4. The fraction of sp³-hybridized carbons (Fsp3) is 0.571. The number of rotatable bonds is 5. The smallest absolute Gasteiger partial charge is 0.394 e. The molecular formula is C7H11NO5. The zero-order valence-electron chi connectivity index (χ0n) is 6.95. The number of carboxylic acids is 2. The summed E-state index contributed by atoms with van der Waals surface area (Å²) in [6.07, 6.45) is 0.920. The van der Waals surface area contributed by atoms with Crippen LogP contribution >= 0.6 is 0 Å². The summed E-state index contributed by atoms with van der Waals surface area (Å²) in [6.45, 7) is 0.193. The number of aliphatic carboxylic acids is 2. The summed E-state index contributed by atoms with van der Waals surface area (Å²) in [4.78, 5) is 30.4. The Morgan fingerprint density at radius 1 is 1.08 bits per heavy atom. The lowest BCUT2D eigenvalue weighted by molar-refractivity contribution is -0.150. The van der Waals surface area contributed by atoms with Crippen molar-refractivity contribution in [1.82, 2.24) is 5.32 Å². The van der Waals surface area contributed by atoms with Gasteiger partial charge in [-0.2, -0.15) is 0 Å². The largest absolute Gasteiger partial charge is 0.481 e. The summed E-state index contributed by atoms with van der Waals surface area (Å²) in [7, 11) is 0. The van der Waals surface area contributed by atoms with Crippen LogP contribution in [0.3, 0.4) is 0 Å². The number of carboxylic acid groups (broad SMARTS) is 2. The fourth-order valence-corrected chi connectivity index (χ4v) is 0.679. The second-order valence-corrected chi connectivity index (χ2v) is 2.41. The monoisotopic (exact) mass is 189 g/mol. The molecule has 0 aliphatic rings. The molecule has 0 unspecified atom stereocenters. The Kier molecular flexibility index (Phi) is 5.25. The molecule has 0 bridgehead atoms. The molecule has 0 spiro atoms. The van der Waals surface area contributed by atoms with Gasteiger partial charge in [-0.1, -0.05) is 0 Å². The van der Waals surface area contributed by atoms with Gasteiger partial charge in [-0.25, -0.2) is 4.79 Å². The van der Waals surface area contributed by atoms with E-state index in [2.05, 4.69) is 5.32 Å². The summed E-state index contributed by atoms with van der Waals surface area (Å²) >= 11 is 0. The van der Waals surface area contributed by atoms with Gasteiger partial charge in [0.25, 0.3) is 0 Å². The fourth-order valence-electron chi connectivity index (χ4n) is 0.679. The minimum absolute atomic E-state index is 0.0307. The van der Waals surface area contributed by atoms with Gasteiger partial charge in [-0.3, -0.25) is 9.59 Å². The number of nitrogens with one attached hydrogen (secondary N) is 1. The molecule has 6 nitrogen and oxygen atoms in total. The second kappa shape index (κ2) is 5.99. The van der Waals surface area contributed by atoms with Crippen LogP contribution in [-0.4, -0.2) is 34.6 Å². The molecule has 0 saturated carbocycles. The summed E-state index contributed by atoms with van der Waals surface area (Å²) in [5.74, 6) is -3.49. The van der Waals surface area contributed by atoms with E-state index in [9.17, 15) is 14.4 Å². The van der Waals surface area contributed by atoms with Crippen LogP contribution in [0.15, 0.2) is 0 Å². The normalized spacial score (nSPS) is 9.23. The Morgan fingerprint density at radius 2 is 1.69 bits per heavy atom. The molecule has 0 fully saturated rings. The topological polar surface area (TPSA) is 104 Å². The van der Waals surface area contributed by atoms with Crippen molar-refractivity contribution < 1.29 is 24.6 Å². The molecule has 0 aromatic rings. The highest BCUT2D eigenvalue weighted by Crippen LogP contribution is 1.92. The minimum Gasteiger partial charge on any atom is -0.481 e. The maximum atomic E-state index is 10.4. The number of unbranched alkanes of at least 4 members (excludes halogenated alkanes) is 1. The first-order valence-electron chi connectivity index (χ1n) is 3.77. The van der Waals surface area contributed by atoms with Crippen molar-refractivity contribution in [3.05, 3.63) is 0 Å². The van der Waals surface area contributed by atoms with Crippen molar-refractivity contribution in [3.8, 4) is 0 Å². The molecule has 0 rings (SSSR count). The van der Waals surface area contributed by atoms with Gasteiger partial charge in [-0.05, 0) is 12.8 Å². The lowest BCUT2D eigenvalue weighted by Crippen LogP contribution is -2.31. The molecular weight excluding hydrogens is 178 g/mol. The number of hydrogen-bond donors (Lipinski definition) is 3. The zero-order valence-corrected chi connectivity index (χ0v) is 6.95. The van der Waals surface area contributed by atoms with Crippen LogP contribution in [0.2, 0.25) is 0 Å². The lowest BCUT2D eigenvalue weighted by atomic mass is 10.2. The van der Waals surface area contributed by atoms with Gasteiger partial charge in [0.2, 0.25) is 0 Å². The summed E-state index contributed by atoms with van der Waals surface area (Å²) in [5.41, 5.74) is 0. The molecule has 0 atom stereocenters. The molecule has 13 heavy (non-hydrogen) atoms. The molecule has 74 valence electrons. The van der Waals surface area contributed by atoms with Crippen LogP contribution in [-0.2, 0) is 14.4 Å². The highest BCUT2D eigenvalue weighted by molar-refractivity contribution is 6.31. The Morgan fingerprint density at radius 3 is 2.15 bits per heavy atom. The number of carbonyl (C=O) groups is 3. The van der Waals surface area contributed by atoms with Crippen LogP contribution in [0, 0.1) is 0 Å². The van der Waals surface area contributed by atoms with Crippen molar-refractivity contribution in [2.75, 3.05) is 6.54 Å². The lowest BCUT2D eigenvalue weighted by Gasteiger charge is -1.99. The molecule has 0 radical (unpaired) electrons. The number of amides is 1. The third-order valence-electron chi connectivity index (χ3n) is 1.30. The van der Waals surface area contributed by atoms with Crippen molar-refractivity contribution in [3.63, 3.8) is 0 Å². The van der Waals surface area contributed by atoms with E-state index in [1.807, 2.05) is 0 Å². The molecule has 3 N–H and O–H groups in total. The van der Waals surface area contributed by atoms with Gasteiger partial charge in [0.1, 0.15) is 0 Å². The third kappa shape index (κ3) is 6.79. The van der Waals surface area contributed by atoms with E-state index in [-0.39, 0.29) is 13.0 Å². The first kappa shape index (κ1) is 11.4. The maximum absolute atomic E-state index is 10.4. The summed E-state index contributed by atoms with van der Waals surface area (Å²) in [5, 5.41) is 18.5. The molecule has 0 aliphatic carbocycles. The van der Waals surface area contributed by atoms with Gasteiger partial charge in [0.15, 0.2) is 0 Å². The molecule has 0 saturated heterocycles. The molecule has 0 aromatic carbocycles. The predicted molar refractivity (Wildman–Crippen MR) is 42.1 cm³/mol. The first-order valence-corrected chi connectivity index (χ1v) is 3.77. The molecule has 0 aromatic heterocycles. The predicted octanol–water partition coefficient (Wildman–Crippen LogP) is -0.558. The van der Waals surface area contributed by atoms with Crippen molar-refractivity contribution >= 4 is 17.8 Å². The van der Waals surface area contributed by atoms with E-state index in [1.165, 1.54) is 0 Å². The van der Waals surface area contributed by atoms with Crippen molar-refractivity contribution in [2.45, 2.75) is 19.3 Å². The van der Waals surface area contributed by atoms with Crippen LogP contribution in [0.1, 0.15) is 19.3 Å². The van der Waals surface area contributed by atoms with E-state index in [4.69, 9.17) is 10.2 Å². The Bertz CT molecular complexity index is 213. The van der Waals surface area contributed by atoms with Gasteiger partial charge in [0, 0.05) is 13.0 Å². The van der Waals surface area contributed by atoms with E-state index in [0.717, 1.165) is 0 Å². The van der Waals surface area contributed by atoms with Gasteiger partial charge >= 0.3 is 17.8 Å². The molecule has 0 aliphatic heterocycles. The van der Waals surface area contributed by atoms with E-state index >= 15 is 0 Å². The van der Waals surface area contributed by atoms with E-state index in [1.54, 1.807) is 0 Å². The summed E-state index contributed by atoms with van der Waals surface area (Å²) in [6, 6.07) is 0. The standard InChI is InChI=1S/C7H11NO5/c9-5(10)3-1-2-4-8-6(11)7(12)13/h1-4H2,(H,8,11)(H,9,10)(H,12,13). The minimum atomic E-state index is -1.53. The van der Waals surface area contributed by atoms with Gasteiger partial charge < -0.3 is 15.5 Å². The Balaban J connectivity index is 3.31. The maximum Gasteiger partial charge on any atom is 0.394 e. The highest BCUT2D eigenvalue weighted by Gasteiger charge is 2.08. The SMILES string of the molecule is O=C(O)CCCCNC(=O)C(=O)O. The summed E-state index contributed by atoms with van der Waals surface area (Å²) < 4.78 is 0. The quantitative estimate of drug-likeness (QED) is 0.397. The molecule has 6 heteroatoms. The van der Waals surface area contributed by atoms with Gasteiger partial charge in [0.05, 0.1) is 0 Å². The zero-order chi connectivity index (χ0) is 10.3. The third-order valence-corrected chi connectivity index (χ3v) is 1.30. The van der Waals surface area contributed by atoms with Crippen LogP contribution < -0.4 is 5.32 Å². The van der Waals surface area contributed by atoms with Crippen LogP contribution in [0.25, 0.3) is 0 Å². The number of hydrogen-bond acceptors (Lipinski definition) is 3. The molecule has 1 amide bonds.